The molecular formula is C10H15NO4S3. The Morgan fingerprint density at radius 1 is 1.11 bits per heavy atom. The smallest absolute Gasteiger partial charge is 0.209 e. The van der Waals surface area contributed by atoms with Gasteiger partial charge in [-0.3, -0.25) is 0 Å². The minimum Gasteiger partial charge on any atom is -0.229 e. The Morgan fingerprint density at radius 2 is 1.67 bits per heavy atom. The summed E-state index contributed by atoms with van der Waals surface area (Å²) in [5.41, 5.74) is 0. The van der Waals surface area contributed by atoms with Crippen molar-refractivity contribution in [1.29, 1.82) is 0 Å². The molecule has 18 heavy (non-hydrogen) atoms. The van der Waals surface area contributed by atoms with E-state index in [1.165, 1.54) is 23.9 Å². The van der Waals surface area contributed by atoms with Crippen LogP contribution in [0.4, 0.5) is 0 Å². The lowest BCUT2D eigenvalue weighted by molar-refractivity contribution is 0.596. The maximum absolute atomic E-state index is 11.6. The highest BCUT2D eigenvalue weighted by atomic mass is 32.2. The van der Waals surface area contributed by atoms with Crippen LogP contribution in [0, 0.1) is 0 Å². The van der Waals surface area contributed by atoms with E-state index in [2.05, 4.69) is 0 Å². The van der Waals surface area contributed by atoms with Crippen LogP contribution in [0.15, 0.2) is 34.1 Å². The zero-order chi connectivity index (χ0) is 13.8. The minimum absolute atomic E-state index is 0.0604. The third-order valence-electron chi connectivity index (χ3n) is 2.20. The summed E-state index contributed by atoms with van der Waals surface area (Å²) in [7, 11) is -6.63. The number of primary sulfonamides is 1. The summed E-state index contributed by atoms with van der Waals surface area (Å²) >= 11 is 1.32. The largest absolute Gasteiger partial charge is 0.229 e. The second-order valence-electron chi connectivity index (χ2n) is 3.59. The van der Waals surface area contributed by atoms with Crippen LogP contribution < -0.4 is 5.14 Å². The lowest BCUT2D eigenvalue weighted by atomic mass is 10.4. The van der Waals surface area contributed by atoms with Gasteiger partial charge in [-0.25, -0.2) is 22.0 Å². The predicted octanol–water partition coefficient (Wildman–Crippen LogP) is 0.861. The molecule has 0 amide bonds. The summed E-state index contributed by atoms with van der Waals surface area (Å²) in [4.78, 5) is 1.09. The number of hydrogen-bond donors (Lipinski definition) is 1. The summed E-state index contributed by atoms with van der Waals surface area (Å²) in [5.74, 6) is 0.302. The normalized spacial score (nSPS) is 12.6. The van der Waals surface area contributed by atoms with E-state index in [-0.39, 0.29) is 16.4 Å². The molecule has 1 aromatic carbocycles. The average Bonchev–Trinajstić information content (AvgIpc) is 2.28. The van der Waals surface area contributed by atoms with Crippen LogP contribution in [0.25, 0.3) is 0 Å². The van der Waals surface area contributed by atoms with E-state index in [0.29, 0.717) is 5.75 Å². The first-order valence-electron chi connectivity index (χ1n) is 5.21. The van der Waals surface area contributed by atoms with Crippen molar-refractivity contribution in [3.05, 3.63) is 24.3 Å². The quantitative estimate of drug-likeness (QED) is 0.787. The topological polar surface area (TPSA) is 94.3 Å². The zero-order valence-electron chi connectivity index (χ0n) is 9.87. The Labute approximate surface area is 112 Å². The Morgan fingerprint density at radius 3 is 2.11 bits per heavy atom. The Kier molecular flexibility index (Phi) is 5.20. The first-order chi connectivity index (χ1) is 8.24. The van der Waals surface area contributed by atoms with Crippen molar-refractivity contribution in [2.45, 2.75) is 16.7 Å². The molecule has 0 unspecified atom stereocenters. The Balaban J connectivity index is 2.67. The van der Waals surface area contributed by atoms with Crippen molar-refractivity contribution in [1.82, 2.24) is 0 Å². The van der Waals surface area contributed by atoms with Crippen LogP contribution in [0.5, 0.6) is 0 Å². The number of rotatable bonds is 6. The third kappa shape index (κ3) is 4.97. The van der Waals surface area contributed by atoms with Crippen LogP contribution >= 0.6 is 11.8 Å². The molecule has 0 spiro atoms. The van der Waals surface area contributed by atoms with Crippen LogP contribution in [0.3, 0.4) is 0 Å². The van der Waals surface area contributed by atoms with Crippen molar-refractivity contribution in [2.75, 3.05) is 17.3 Å². The molecule has 0 atom stereocenters. The lowest BCUT2D eigenvalue weighted by Crippen LogP contribution is -2.17. The molecule has 1 aromatic rings. The van der Waals surface area contributed by atoms with E-state index in [4.69, 9.17) is 5.14 Å². The second-order valence-corrected chi connectivity index (χ2v) is 8.77. The van der Waals surface area contributed by atoms with Gasteiger partial charge in [0.1, 0.15) is 0 Å². The van der Waals surface area contributed by atoms with Gasteiger partial charge in [0.2, 0.25) is 10.0 Å². The molecule has 0 fully saturated rings. The molecule has 0 saturated heterocycles. The highest BCUT2D eigenvalue weighted by Gasteiger charge is 2.11. The van der Waals surface area contributed by atoms with Crippen molar-refractivity contribution in [3.63, 3.8) is 0 Å². The summed E-state index contributed by atoms with van der Waals surface area (Å²) < 4.78 is 44.6. The number of thioether (sulfide) groups is 1. The molecule has 0 aliphatic carbocycles. The van der Waals surface area contributed by atoms with Crippen LogP contribution in [0.2, 0.25) is 0 Å². The number of sulfone groups is 1. The van der Waals surface area contributed by atoms with Gasteiger partial charge in [-0.2, -0.15) is 0 Å². The van der Waals surface area contributed by atoms with Gasteiger partial charge >= 0.3 is 0 Å². The molecule has 0 aliphatic rings. The zero-order valence-corrected chi connectivity index (χ0v) is 12.3. The number of sulfonamides is 1. The van der Waals surface area contributed by atoms with E-state index < -0.39 is 19.9 Å². The van der Waals surface area contributed by atoms with Gasteiger partial charge in [-0.05, 0) is 24.3 Å². The van der Waals surface area contributed by atoms with E-state index >= 15 is 0 Å². The number of hydrogen-bond acceptors (Lipinski definition) is 5. The molecule has 0 aromatic heterocycles. The summed E-state index contributed by atoms with van der Waals surface area (Å²) in [6.07, 6.45) is 0. The Bertz CT molecular complexity index is 591. The number of nitrogens with two attached hydrogens (primary N) is 1. The number of benzene rings is 1. The van der Waals surface area contributed by atoms with E-state index in [1.54, 1.807) is 19.1 Å². The molecule has 0 aliphatic heterocycles. The molecule has 1 rings (SSSR count). The first-order valence-corrected chi connectivity index (χ1v) is 9.56. The van der Waals surface area contributed by atoms with Crippen molar-refractivity contribution in [2.24, 2.45) is 5.14 Å². The molecule has 102 valence electrons. The molecule has 0 bridgehead atoms. The second kappa shape index (κ2) is 6.05. The van der Waals surface area contributed by atoms with Crippen molar-refractivity contribution >= 4 is 31.6 Å². The van der Waals surface area contributed by atoms with Gasteiger partial charge in [0.15, 0.2) is 9.84 Å². The summed E-state index contributed by atoms with van der Waals surface area (Å²) in [5, 5.41) is 4.88. The third-order valence-corrected chi connectivity index (χ3v) is 6.00. The maximum atomic E-state index is 11.6. The molecule has 0 heterocycles. The average molecular weight is 309 g/mol. The predicted molar refractivity (Wildman–Crippen MR) is 72.9 cm³/mol. The molecule has 0 saturated carbocycles. The van der Waals surface area contributed by atoms with Gasteiger partial charge in [-0.15, -0.1) is 11.8 Å². The van der Waals surface area contributed by atoms with Gasteiger partial charge in [0.25, 0.3) is 0 Å². The van der Waals surface area contributed by atoms with Gasteiger partial charge in [0, 0.05) is 10.6 Å². The fraction of sp³-hybridized carbons (Fsp3) is 0.400. The van der Waals surface area contributed by atoms with Crippen molar-refractivity contribution in [3.8, 4) is 0 Å². The first kappa shape index (κ1) is 15.5. The maximum Gasteiger partial charge on any atom is 0.209 e. The highest BCUT2D eigenvalue weighted by Crippen LogP contribution is 2.20. The van der Waals surface area contributed by atoms with Crippen LogP contribution in [-0.2, 0) is 19.9 Å². The molecule has 2 N–H and O–H groups in total. The lowest BCUT2D eigenvalue weighted by Gasteiger charge is -2.03. The standard InChI is InChI=1S/C10H15NO4S3/c1-2-17(12,13)10-5-3-9(4-6-10)16-7-8-18(11,14)15/h3-6H,2,7-8H2,1H3,(H2,11,14,15). The SMILES string of the molecule is CCS(=O)(=O)c1ccc(SCCS(N)(=O)=O)cc1. The summed E-state index contributed by atoms with van der Waals surface area (Å²) in [6.45, 7) is 1.59. The van der Waals surface area contributed by atoms with Gasteiger partial charge in [0.05, 0.1) is 16.4 Å². The monoisotopic (exact) mass is 309 g/mol. The van der Waals surface area contributed by atoms with Gasteiger partial charge in [-0.1, -0.05) is 6.92 Å². The fourth-order valence-electron chi connectivity index (χ4n) is 1.19. The molecule has 5 nitrogen and oxygen atoms in total. The van der Waals surface area contributed by atoms with E-state index in [0.717, 1.165) is 4.90 Å². The van der Waals surface area contributed by atoms with Crippen LogP contribution in [0.1, 0.15) is 6.92 Å². The Hall–Kier alpha value is -0.570. The summed E-state index contributed by atoms with van der Waals surface area (Å²) in [6, 6.07) is 6.38. The molecule has 0 radical (unpaired) electrons. The van der Waals surface area contributed by atoms with E-state index in [9.17, 15) is 16.8 Å². The van der Waals surface area contributed by atoms with E-state index in [1.807, 2.05) is 0 Å². The van der Waals surface area contributed by atoms with Crippen molar-refractivity contribution < 1.29 is 16.8 Å². The van der Waals surface area contributed by atoms with Gasteiger partial charge < -0.3 is 0 Å². The fourth-order valence-corrected chi connectivity index (χ4v) is 3.90. The highest BCUT2D eigenvalue weighted by molar-refractivity contribution is 8.00. The molecular weight excluding hydrogens is 294 g/mol. The van der Waals surface area contributed by atoms with Crippen LogP contribution in [-0.4, -0.2) is 34.1 Å². The minimum atomic E-state index is -3.45. The molecule has 8 heteroatoms.